The highest BCUT2D eigenvalue weighted by atomic mass is 16.5. The van der Waals surface area contributed by atoms with Crippen molar-refractivity contribution in [3.63, 3.8) is 0 Å². The Balaban J connectivity index is 2.06. The fourth-order valence-electron chi connectivity index (χ4n) is 2.33. The Kier molecular flexibility index (Phi) is 6.83. The molecule has 1 N–H and O–H groups in total. The van der Waals surface area contributed by atoms with Crippen molar-refractivity contribution in [3.05, 3.63) is 46.9 Å². The summed E-state index contributed by atoms with van der Waals surface area (Å²) in [6.45, 7) is 10.8. The standard InChI is InChI=1S/C20H26N2O4/c1-6-24-19-10-16(7-8-18(19)25-12-13(2)3)11-21-22-20(23)17-9-14(4)26-15(17)5/h7-11,13H,6,12H2,1-5H3,(H,22,23)/b21-11-. The Bertz CT molecular complexity index is 778. The van der Waals surface area contributed by atoms with E-state index in [1.807, 2.05) is 25.1 Å². The third kappa shape index (κ3) is 5.37. The molecule has 1 aromatic carbocycles. The third-order valence-electron chi connectivity index (χ3n) is 3.51. The second-order valence-electron chi connectivity index (χ2n) is 6.37. The predicted molar refractivity (Wildman–Crippen MR) is 101 cm³/mol. The highest BCUT2D eigenvalue weighted by Crippen LogP contribution is 2.28. The van der Waals surface area contributed by atoms with Gasteiger partial charge in [-0.15, -0.1) is 0 Å². The predicted octanol–water partition coefficient (Wildman–Crippen LogP) is 4.09. The Hall–Kier alpha value is -2.76. The van der Waals surface area contributed by atoms with Crippen molar-refractivity contribution < 1.29 is 18.7 Å². The summed E-state index contributed by atoms with van der Waals surface area (Å²) in [4.78, 5) is 12.1. The number of aryl methyl sites for hydroxylation is 2. The first-order valence-corrected chi connectivity index (χ1v) is 8.70. The molecule has 140 valence electrons. The van der Waals surface area contributed by atoms with Crippen molar-refractivity contribution >= 4 is 12.1 Å². The molecule has 0 atom stereocenters. The number of nitrogens with zero attached hydrogens (tertiary/aromatic N) is 1. The lowest BCUT2D eigenvalue weighted by Crippen LogP contribution is -2.17. The van der Waals surface area contributed by atoms with Crippen molar-refractivity contribution in [3.8, 4) is 11.5 Å². The van der Waals surface area contributed by atoms with Crippen molar-refractivity contribution in [2.24, 2.45) is 11.0 Å². The second-order valence-corrected chi connectivity index (χ2v) is 6.37. The van der Waals surface area contributed by atoms with Crippen LogP contribution in [0.5, 0.6) is 11.5 Å². The summed E-state index contributed by atoms with van der Waals surface area (Å²) >= 11 is 0. The molecule has 1 aromatic heterocycles. The van der Waals surface area contributed by atoms with E-state index in [9.17, 15) is 4.79 Å². The van der Waals surface area contributed by atoms with E-state index in [1.54, 1.807) is 26.1 Å². The molecular weight excluding hydrogens is 332 g/mol. The highest BCUT2D eigenvalue weighted by molar-refractivity contribution is 5.95. The van der Waals surface area contributed by atoms with Crippen molar-refractivity contribution in [2.75, 3.05) is 13.2 Å². The van der Waals surface area contributed by atoms with E-state index in [0.29, 0.717) is 47.7 Å². The van der Waals surface area contributed by atoms with Crippen LogP contribution in [0.25, 0.3) is 0 Å². The van der Waals surface area contributed by atoms with Crippen LogP contribution >= 0.6 is 0 Å². The normalized spacial score (nSPS) is 11.2. The Morgan fingerprint density at radius 2 is 2.00 bits per heavy atom. The number of furan rings is 1. The lowest BCUT2D eigenvalue weighted by atomic mass is 10.2. The van der Waals surface area contributed by atoms with Crippen LogP contribution in [0.1, 0.15) is 48.2 Å². The van der Waals surface area contributed by atoms with Crippen molar-refractivity contribution in [1.29, 1.82) is 0 Å². The van der Waals surface area contributed by atoms with Gasteiger partial charge >= 0.3 is 0 Å². The largest absolute Gasteiger partial charge is 0.490 e. The zero-order chi connectivity index (χ0) is 19.1. The zero-order valence-corrected chi connectivity index (χ0v) is 16.0. The highest BCUT2D eigenvalue weighted by Gasteiger charge is 2.12. The van der Waals surface area contributed by atoms with Crippen molar-refractivity contribution in [2.45, 2.75) is 34.6 Å². The summed E-state index contributed by atoms with van der Waals surface area (Å²) in [6.07, 6.45) is 1.56. The molecule has 0 aliphatic rings. The number of amides is 1. The third-order valence-corrected chi connectivity index (χ3v) is 3.51. The first-order valence-electron chi connectivity index (χ1n) is 8.70. The van der Waals surface area contributed by atoms with Gasteiger partial charge in [0.1, 0.15) is 11.5 Å². The summed E-state index contributed by atoms with van der Waals surface area (Å²) in [5.41, 5.74) is 3.78. The molecule has 0 bridgehead atoms. The van der Waals surface area contributed by atoms with Crippen LogP contribution in [0.15, 0.2) is 33.8 Å². The van der Waals surface area contributed by atoms with Crippen molar-refractivity contribution in [1.82, 2.24) is 5.43 Å². The molecule has 0 aliphatic heterocycles. The molecule has 2 rings (SSSR count). The first-order chi connectivity index (χ1) is 12.4. The molecule has 1 heterocycles. The van der Waals surface area contributed by atoms with E-state index in [2.05, 4.69) is 24.4 Å². The minimum atomic E-state index is -0.308. The smallest absolute Gasteiger partial charge is 0.274 e. The summed E-state index contributed by atoms with van der Waals surface area (Å²) in [6, 6.07) is 7.23. The number of hydrazone groups is 1. The van der Waals surface area contributed by atoms with E-state index in [0.717, 1.165) is 5.56 Å². The number of carbonyl (C=O) groups is 1. The van der Waals surface area contributed by atoms with Crippen LogP contribution < -0.4 is 14.9 Å². The first kappa shape index (κ1) is 19.6. The maximum absolute atomic E-state index is 12.1. The molecule has 0 spiro atoms. The van der Waals surface area contributed by atoms with Gasteiger partial charge in [0.15, 0.2) is 11.5 Å². The zero-order valence-electron chi connectivity index (χ0n) is 16.0. The van der Waals surface area contributed by atoms with Crippen LogP contribution in [-0.2, 0) is 0 Å². The summed E-state index contributed by atoms with van der Waals surface area (Å²) in [5, 5.41) is 4.01. The molecule has 0 aliphatic carbocycles. The minimum Gasteiger partial charge on any atom is -0.490 e. The van der Waals surface area contributed by atoms with Gasteiger partial charge in [0.2, 0.25) is 0 Å². The SMILES string of the molecule is CCOc1cc(/C=N\NC(=O)c2cc(C)oc2C)ccc1OCC(C)C. The molecule has 0 radical (unpaired) electrons. The number of nitrogens with one attached hydrogen (secondary N) is 1. The summed E-state index contributed by atoms with van der Waals surface area (Å²) < 4.78 is 16.8. The maximum atomic E-state index is 12.1. The molecule has 6 nitrogen and oxygen atoms in total. The number of hydrogen-bond acceptors (Lipinski definition) is 5. The molecule has 2 aromatic rings. The van der Waals surface area contributed by atoms with Gasteiger partial charge in [0.25, 0.3) is 5.91 Å². The monoisotopic (exact) mass is 358 g/mol. The van der Waals surface area contributed by atoms with Gasteiger partial charge in [0.05, 0.1) is 25.0 Å². The van der Waals surface area contributed by atoms with E-state index < -0.39 is 0 Å². The molecule has 26 heavy (non-hydrogen) atoms. The van der Waals surface area contributed by atoms with Crippen LogP contribution in [-0.4, -0.2) is 25.3 Å². The van der Waals surface area contributed by atoms with Gasteiger partial charge in [-0.2, -0.15) is 5.10 Å². The van der Waals surface area contributed by atoms with Gasteiger partial charge in [-0.25, -0.2) is 5.43 Å². The van der Waals surface area contributed by atoms with Crippen LogP contribution in [0.3, 0.4) is 0 Å². The van der Waals surface area contributed by atoms with Gasteiger partial charge in [-0.1, -0.05) is 13.8 Å². The second kappa shape index (κ2) is 9.08. The molecule has 0 fully saturated rings. The van der Waals surface area contributed by atoms with Gasteiger partial charge < -0.3 is 13.9 Å². The quantitative estimate of drug-likeness (QED) is 0.570. The van der Waals surface area contributed by atoms with Gasteiger partial charge in [-0.05, 0) is 56.5 Å². The lowest BCUT2D eigenvalue weighted by molar-refractivity contribution is 0.0953. The molecule has 0 saturated carbocycles. The number of hydrogen-bond donors (Lipinski definition) is 1. The Morgan fingerprint density at radius 3 is 2.62 bits per heavy atom. The summed E-state index contributed by atoms with van der Waals surface area (Å²) in [5.74, 6) is 2.74. The number of benzene rings is 1. The lowest BCUT2D eigenvalue weighted by Gasteiger charge is -2.13. The minimum absolute atomic E-state index is 0.308. The average molecular weight is 358 g/mol. The molecule has 1 amide bonds. The Morgan fingerprint density at radius 1 is 1.23 bits per heavy atom. The molecular formula is C20H26N2O4. The van der Waals surface area contributed by atoms with E-state index in [1.165, 1.54) is 0 Å². The van der Waals surface area contributed by atoms with Crippen LogP contribution in [0.4, 0.5) is 0 Å². The topological polar surface area (TPSA) is 73.1 Å². The van der Waals surface area contributed by atoms with Gasteiger partial charge in [0, 0.05) is 0 Å². The summed E-state index contributed by atoms with van der Waals surface area (Å²) in [7, 11) is 0. The number of rotatable bonds is 8. The Labute approximate surface area is 154 Å². The van der Waals surface area contributed by atoms with Crippen LogP contribution in [0, 0.1) is 19.8 Å². The average Bonchev–Trinajstić information content (AvgIpc) is 2.92. The van der Waals surface area contributed by atoms with E-state index >= 15 is 0 Å². The van der Waals surface area contributed by atoms with E-state index in [4.69, 9.17) is 13.9 Å². The van der Waals surface area contributed by atoms with Crippen LogP contribution in [0.2, 0.25) is 0 Å². The number of ether oxygens (including phenoxy) is 2. The van der Waals surface area contributed by atoms with Gasteiger partial charge in [-0.3, -0.25) is 4.79 Å². The number of carbonyl (C=O) groups excluding carboxylic acids is 1. The molecule has 0 saturated heterocycles. The molecule has 6 heteroatoms. The van der Waals surface area contributed by atoms with E-state index in [-0.39, 0.29) is 5.91 Å². The fraction of sp³-hybridized carbons (Fsp3) is 0.400. The molecule has 0 unspecified atom stereocenters. The fourth-order valence-corrected chi connectivity index (χ4v) is 2.33. The maximum Gasteiger partial charge on any atom is 0.274 e.